The third-order valence-electron chi connectivity index (χ3n) is 10.5. The molecule has 0 saturated heterocycles. The van der Waals surface area contributed by atoms with Crippen LogP contribution in [0.5, 0.6) is 23.0 Å². The Bertz CT molecular complexity index is 2840. The van der Waals surface area contributed by atoms with Gasteiger partial charge in [-0.25, -0.2) is 24.4 Å². The van der Waals surface area contributed by atoms with Crippen molar-refractivity contribution in [3.05, 3.63) is 143 Å². The number of benzene rings is 4. The molecule has 0 radical (unpaired) electrons. The molecule has 2 aromatic heterocycles. The minimum atomic E-state index is -1.02. The van der Waals surface area contributed by atoms with Crippen molar-refractivity contribution in [2.24, 2.45) is 17.8 Å². The van der Waals surface area contributed by atoms with Crippen molar-refractivity contribution < 1.29 is 63.3 Å². The van der Waals surface area contributed by atoms with Gasteiger partial charge in [0, 0.05) is 48.8 Å². The van der Waals surface area contributed by atoms with Crippen molar-refractivity contribution in [1.82, 2.24) is 14.5 Å². The van der Waals surface area contributed by atoms with Crippen LogP contribution in [0.4, 0.5) is 16.3 Å². The number of carbonyl (C=O) groups excluding carboxylic acids is 3. The van der Waals surface area contributed by atoms with E-state index in [9.17, 15) is 34.2 Å². The first-order valence-corrected chi connectivity index (χ1v) is 23.3. The zero-order valence-corrected chi connectivity index (χ0v) is 41.8. The second-order valence-electron chi connectivity index (χ2n) is 15.8. The molecule has 2 amide bonds. The lowest BCUT2D eigenvalue weighted by Gasteiger charge is -2.21. The Morgan fingerprint density at radius 2 is 1.39 bits per heavy atom. The summed E-state index contributed by atoms with van der Waals surface area (Å²) in [5, 5.41) is 38.6. The third kappa shape index (κ3) is 18.5. The summed E-state index contributed by atoms with van der Waals surface area (Å²) in [7, 11) is 4.77. The summed E-state index contributed by atoms with van der Waals surface area (Å²) < 4.78 is 21.9. The molecule has 6 aromatic rings. The van der Waals surface area contributed by atoms with E-state index in [1.807, 2.05) is 29.8 Å². The van der Waals surface area contributed by atoms with E-state index >= 15 is 0 Å². The number of phenols is 2. The van der Waals surface area contributed by atoms with E-state index in [2.05, 4.69) is 22.2 Å². The molecule has 0 fully saturated rings. The van der Waals surface area contributed by atoms with Crippen molar-refractivity contribution in [2.45, 2.75) is 52.5 Å². The maximum absolute atomic E-state index is 13.6. The molecule has 0 aliphatic heterocycles. The number of ether oxygens (including phenoxy) is 4. The van der Waals surface area contributed by atoms with Crippen LogP contribution in [0.1, 0.15) is 78.8 Å². The lowest BCUT2D eigenvalue weighted by Crippen LogP contribution is -2.34. The maximum atomic E-state index is 13.6. The molecule has 0 spiro atoms. The molecule has 6 rings (SSSR count). The lowest BCUT2D eigenvalue weighted by atomic mass is 10.1. The Hall–Kier alpha value is -9.20. The number of phenolic OH excluding ortho intramolecular Hbond substituents is 2. The fraction of sp³-hybridized carbons (Fsp3) is 0.259. The third-order valence-corrected chi connectivity index (χ3v) is 10.5. The van der Waals surface area contributed by atoms with Gasteiger partial charge in [-0.2, -0.15) is 4.99 Å². The molecule has 7 N–H and O–H groups in total. The minimum Gasteiger partial charge on any atom is -0.504 e. The van der Waals surface area contributed by atoms with Gasteiger partial charge in [0.15, 0.2) is 23.0 Å². The fourth-order valence-electron chi connectivity index (χ4n) is 6.72. The number of esters is 1. The highest BCUT2D eigenvalue weighted by atomic mass is 16.5. The Morgan fingerprint density at radius 1 is 0.770 bits per heavy atom. The van der Waals surface area contributed by atoms with E-state index in [1.54, 1.807) is 79.9 Å². The number of aliphatic imine (C=N–C) groups is 1. The zero-order chi connectivity index (χ0) is 54.0. The number of carboxylic acid groups (broad SMARTS) is 2. The Kier molecular flexibility index (Phi) is 23.2. The van der Waals surface area contributed by atoms with Crippen molar-refractivity contribution >= 4 is 70.4 Å². The number of fused-ring (bicyclic) bond motifs is 1. The summed E-state index contributed by atoms with van der Waals surface area (Å²) in [6, 6.07) is 27.0. The highest BCUT2D eigenvalue weighted by Crippen LogP contribution is 2.28. The van der Waals surface area contributed by atoms with E-state index in [0.717, 1.165) is 54.9 Å². The van der Waals surface area contributed by atoms with E-state index in [1.165, 1.54) is 43.4 Å². The first-order chi connectivity index (χ1) is 35.6. The Morgan fingerprint density at radius 3 is 1.95 bits per heavy atom. The number of amides is 2. The molecule has 0 unspecified atom stereocenters. The minimum absolute atomic E-state index is 0.0278. The number of unbranched alkanes of at least 4 members (excludes halogenated alkanes) is 3. The number of aliphatic carboxylic acids is 2. The number of nitrogens with two attached hydrogens (primary N) is 1. The molecule has 2 heterocycles. The second-order valence-corrected chi connectivity index (χ2v) is 15.8. The van der Waals surface area contributed by atoms with Crippen molar-refractivity contribution in [3.8, 4) is 23.0 Å². The van der Waals surface area contributed by atoms with E-state index < -0.39 is 18.0 Å². The van der Waals surface area contributed by atoms with Gasteiger partial charge in [0.2, 0.25) is 0 Å². The van der Waals surface area contributed by atoms with Crippen LogP contribution < -0.4 is 25.4 Å². The van der Waals surface area contributed by atoms with Crippen LogP contribution in [-0.4, -0.2) is 105 Å². The van der Waals surface area contributed by atoms with Gasteiger partial charge in [-0.3, -0.25) is 14.5 Å². The van der Waals surface area contributed by atoms with Crippen LogP contribution in [0.25, 0.3) is 23.2 Å². The van der Waals surface area contributed by atoms with Crippen LogP contribution in [0.15, 0.2) is 120 Å². The molecule has 74 heavy (non-hydrogen) atoms. The molecule has 0 bridgehead atoms. The number of aryl methyl sites for hydroxylation is 1. The summed E-state index contributed by atoms with van der Waals surface area (Å²) in [6.07, 6.45) is 9.88. The summed E-state index contributed by atoms with van der Waals surface area (Å²) in [5.41, 5.74) is 10.7. The Balaban J connectivity index is 0.000000341. The molecule has 0 aliphatic rings. The summed E-state index contributed by atoms with van der Waals surface area (Å²) in [6.45, 7) is 5.02. The average Bonchev–Trinajstić information content (AvgIpc) is 3.71. The van der Waals surface area contributed by atoms with Gasteiger partial charge in [-0.15, -0.1) is 0 Å². The van der Waals surface area contributed by atoms with Crippen LogP contribution >= 0.6 is 0 Å². The van der Waals surface area contributed by atoms with Gasteiger partial charge in [0.25, 0.3) is 5.91 Å². The van der Waals surface area contributed by atoms with Crippen LogP contribution in [0, 0.1) is 0 Å². The van der Waals surface area contributed by atoms with Gasteiger partial charge in [-0.05, 0) is 115 Å². The van der Waals surface area contributed by atoms with Crippen LogP contribution in [0.3, 0.4) is 0 Å². The number of hydrogen-bond acceptors (Lipinski definition) is 14. The SMILES string of the molecule is CCCCCCOC(=O)/N=C(/N)c1ccc(NCc2nc3cc(C(=O)N(CCC(=O)OCC)c4ccccn4)ccc3n2C)cc1.COc1cc(/C=C/C(=O)O)ccc1O.COc1cc(/C=C/C(=O)O)ccc1O. The average molecular weight is 1020 g/mol. The van der Waals surface area contributed by atoms with Gasteiger partial charge in [-0.1, -0.05) is 44.4 Å². The van der Waals surface area contributed by atoms with Gasteiger partial charge in [0.1, 0.15) is 17.5 Å². The van der Waals surface area contributed by atoms with E-state index in [-0.39, 0.29) is 48.8 Å². The molecule has 0 aliphatic carbocycles. The number of methoxy groups -OCH3 is 2. The quantitative estimate of drug-likeness (QED) is 0.0129. The monoisotopic (exact) mass is 1020 g/mol. The van der Waals surface area contributed by atoms with Crippen molar-refractivity contribution in [1.29, 1.82) is 0 Å². The summed E-state index contributed by atoms with van der Waals surface area (Å²) in [4.78, 5) is 72.5. The number of carboxylic acids is 2. The van der Waals surface area contributed by atoms with Gasteiger partial charge >= 0.3 is 24.0 Å². The topological polar surface area (TPSA) is 288 Å². The Labute approximate surface area is 428 Å². The molecule has 20 heteroatoms. The summed E-state index contributed by atoms with van der Waals surface area (Å²) in [5.74, 6) is -0.723. The highest BCUT2D eigenvalue weighted by Gasteiger charge is 2.22. The molecule has 0 saturated carbocycles. The molecular formula is C54H61N7O13. The number of nitrogens with one attached hydrogen (secondary N) is 1. The highest BCUT2D eigenvalue weighted by molar-refractivity contribution is 6.07. The first-order valence-electron chi connectivity index (χ1n) is 23.3. The normalized spacial score (nSPS) is 11.0. The number of amidine groups is 1. The molecule has 0 atom stereocenters. The van der Waals surface area contributed by atoms with E-state index in [0.29, 0.717) is 58.2 Å². The number of imidazole rings is 1. The number of aromatic hydroxyl groups is 2. The fourth-order valence-corrected chi connectivity index (χ4v) is 6.72. The summed E-state index contributed by atoms with van der Waals surface area (Å²) >= 11 is 0. The number of carbonyl (C=O) groups is 5. The predicted octanol–water partition coefficient (Wildman–Crippen LogP) is 8.60. The number of hydrogen-bond donors (Lipinski definition) is 6. The zero-order valence-electron chi connectivity index (χ0n) is 41.8. The number of nitrogens with zero attached hydrogens (tertiary/aromatic N) is 5. The number of anilines is 2. The number of aromatic nitrogens is 3. The van der Waals surface area contributed by atoms with Crippen LogP contribution in [0.2, 0.25) is 0 Å². The molecule has 4 aromatic carbocycles. The van der Waals surface area contributed by atoms with Crippen molar-refractivity contribution in [3.63, 3.8) is 0 Å². The lowest BCUT2D eigenvalue weighted by molar-refractivity contribution is -0.143. The van der Waals surface area contributed by atoms with Gasteiger partial charge < -0.3 is 55.0 Å². The number of rotatable bonds is 21. The maximum Gasteiger partial charge on any atom is 0.435 e. The smallest absolute Gasteiger partial charge is 0.435 e. The van der Waals surface area contributed by atoms with Gasteiger partial charge in [0.05, 0.1) is 51.4 Å². The largest absolute Gasteiger partial charge is 0.504 e. The standard InChI is InChI=1S/C34H41N7O5.2C10H10O4/c1-4-6-7-10-21-46-34(44)39-32(35)24-12-15-26(16-13-24)37-23-30-38-27-22-25(14-17-28(27)40(30)3)33(43)41(20-18-31(42)45-5-2)29-11-8-9-19-36-29;2*1-14-9-6-7(2-4-8(9)11)3-5-10(12)13/h8-9,11-17,19,22,37H,4-7,10,18,20-21,23H2,1-3H3,(H2,35,39,44);2*2-6,11H,1H3,(H,12,13)/b;2*5-3+. The molecule has 390 valence electrons. The predicted molar refractivity (Wildman–Crippen MR) is 281 cm³/mol. The number of pyridine rings is 1. The molecular weight excluding hydrogens is 955 g/mol. The van der Waals surface area contributed by atoms with E-state index in [4.69, 9.17) is 39.9 Å². The van der Waals surface area contributed by atoms with Crippen LogP contribution in [-0.2, 0) is 37.4 Å². The second kappa shape index (κ2) is 29.9. The first kappa shape index (κ1) is 57.4. The van der Waals surface area contributed by atoms with Crippen molar-refractivity contribution in [2.75, 3.05) is 44.2 Å². The molecule has 20 nitrogen and oxygen atoms in total.